The van der Waals surface area contributed by atoms with Gasteiger partial charge < -0.3 is 0 Å². The molecule has 0 heterocycles. The summed E-state index contributed by atoms with van der Waals surface area (Å²) in [6.07, 6.45) is 0. The van der Waals surface area contributed by atoms with Crippen LogP contribution in [0.4, 0.5) is 0 Å². The van der Waals surface area contributed by atoms with Crippen LogP contribution in [0.2, 0.25) is 0 Å². The molecule has 14 heteroatoms. The second-order valence-corrected chi connectivity index (χ2v) is 2.81. The predicted octanol–water partition coefficient (Wildman–Crippen LogP) is -1.78. The molecule has 0 amide bonds. The van der Waals surface area contributed by atoms with E-state index in [1.807, 2.05) is 0 Å². The fourth-order valence-corrected chi connectivity index (χ4v) is 0.465. The molecule has 0 unspecified atom stereocenters. The molecule has 75 valence electrons. The van der Waals surface area contributed by atoms with Crippen LogP contribution in [-0.2, 0) is 10.9 Å². The fraction of sp³-hybridized carbons (Fsp3) is 0. The van der Waals surface area contributed by atoms with Crippen LogP contribution < -0.4 is 0 Å². The summed E-state index contributed by atoms with van der Waals surface area (Å²) in [5, 5.41) is 24.5. The molecule has 0 saturated carbocycles. The van der Waals surface area contributed by atoms with Crippen molar-refractivity contribution in [2.75, 3.05) is 0 Å². The molecule has 0 N–H and O–H groups in total. The molecule has 0 saturated heterocycles. The first-order valence-electron chi connectivity index (χ1n) is 2.35. The van der Waals surface area contributed by atoms with Crippen molar-refractivity contribution < 1.29 is 26.1 Å². The molecule has 0 spiro atoms. The van der Waals surface area contributed by atoms with Gasteiger partial charge in [0.25, 0.3) is 0 Å². The Labute approximate surface area is 93.7 Å². The fourth-order valence-electron chi connectivity index (χ4n) is 0.0895. The quantitative estimate of drug-likeness (QED) is 0.323. The van der Waals surface area contributed by atoms with Crippen LogP contribution >= 0.6 is 0 Å². The molecular weight excluding hydrogens is 325 g/mol. The van der Waals surface area contributed by atoms with Gasteiger partial charge in [-0.3, -0.25) is 0 Å². The normalized spacial score (nSPS) is 7.14. The number of hydrogen-bond acceptors (Lipinski definition) is 9. The Morgan fingerprint density at radius 2 is 1.21 bits per heavy atom. The van der Waals surface area contributed by atoms with Gasteiger partial charge in [-0.25, -0.2) is 0 Å². The summed E-state index contributed by atoms with van der Waals surface area (Å²) < 4.78 is 10.7. The van der Waals surface area contributed by atoms with Crippen LogP contribution in [0, 0.1) is 30.3 Å². The Morgan fingerprint density at radius 1 is 0.929 bits per heavy atom. The van der Waals surface area contributed by atoms with E-state index in [-0.39, 0.29) is 0 Å². The van der Waals surface area contributed by atoms with E-state index in [4.69, 9.17) is 10.1 Å². The van der Waals surface area contributed by atoms with Crippen molar-refractivity contribution in [1.29, 1.82) is 0 Å². The zero-order chi connectivity index (χ0) is 11.6. The molecule has 12 nitrogen and oxygen atoms in total. The minimum absolute atomic E-state index is 0.628. The molecule has 0 aliphatic heterocycles. The van der Waals surface area contributed by atoms with Crippen molar-refractivity contribution in [1.82, 2.24) is 0 Å². The summed E-state index contributed by atoms with van der Waals surface area (Å²) in [5.74, 6) is 0. The van der Waals surface area contributed by atoms with Gasteiger partial charge in [-0.15, -0.1) is 0 Å². The van der Waals surface area contributed by atoms with Crippen LogP contribution in [0.5, 0.6) is 0 Å². The van der Waals surface area contributed by atoms with Crippen molar-refractivity contribution in [3.8, 4) is 0 Å². The van der Waals surface area contributed by atoms with Crippen molar-refractivity contribution in [2.24, 2.45) is 0 Å². The Bertz CT molecular complexity index is 188. The first-order valence-corrected chi connectivity index (χ1v) is 5.32. The average molecular weight is 325 g/mol. The molecule has 0 fully saturated rings. The Kier molecular flexibility index (Phi) is 10.9. The van der Waals surface area contributed by atoms with E-state index in [0.717, 1.165) is 0 Å². The van der Waals surface area contributed by atoms with Crippen LogP contribution in [0.3, 0.4) is 0 Å². The van der Waals surface area contributed by atoms with Gasteiger partial charge in [0.2, 0.25) is 0 Å². The van der Waals surface area contributed by atoms with E-state index in [2.05, 4.69) is 10.9 Å². The van der Waals surface area contributed by atoms with Crippen LogP contribution in [-0.4, -0.2) is 52.4 Å². The monoisotopic (exact) mass is 324 g/mol. The van der Waals surface area contributed by atoms with Gasteiger partial charge in [-0.2, -0.15) is 0 Å². The maximum absolute atomic E-state index is 9.30. The third kappa shape index (κ3) is 22.4. The Hall–Kier alpha value is -1.13. The summed E-state index contributed by atoms with van der Waals surface area (Å²) in [6, 6.07) is 0. The second-order valence-electron chi connectivity index (χ2n) is 1.08. The van der Waals surface area contributed by atoms with Crippen LogP contribution in [0.25, 0.3) is 0 Å². The topological polar surface area (TPSA) is 157 Å². The van der Waals surface area contributed by atoms with E-state index in [0.29, 0.717) is 19.0 Å². The first kappa shape index (κ1) is 15.3. The minimum atomic E-state index is -2.22. The second kappa shape index (κ2) is 9.96. The SMILES string of the molecule is O=[N+]([O-])[O][Ga].O=[N+]([O-])[O][Ga][O][N+](=O)[O-]. The van der Waals surface area contributed by atoms with Crippen molar-refractivity contribution in [3.05, 3.63) is 30.3 Å². The standard InChI is InChI=1S/2Ga.3NO3/c;;3*2-1(3)4/q+1;+2;3*-1. The summed E-state index contributed by atoms with van der Waals surface area (Å²) in [6.45, 7) is 0. The summed E-state index contributed by atoms with van der Waals surface area (Å²) in [7, 11) is 0. The van der Waals surface area contributed by atoms with Gasteiger partial charge in [0, 0.05) is 0 Å². The van der Waals surface area contributed by atoms with Gasteiger partial charge in [0.1, 0.15) is 0 Å². The van der Waals surface area contributed by atoms with Gasteiger partial charge in [-0.05, 0) is 0 Å². The van der Waals surface area contributed by atoms with Crippen LogP contribution in [0.15, 0.2) is 0 Å². The van der Waals surface area contributed by atoms with E-state index < -0.39 is 33.4 Å². The van der Waals surface area contributed by atoms with Crippen LogP contribution in [0.1, 0.15) is 0 Å². The van der Waals surface area contributed by atoms with E-state index in [1.54, 1.807) is 0 Å². The summed E-state index contributed by atoms with van der Waals surface area (Å²) >= 11 is -1.59. The molecule has 0 bridgehead atoms. The van der Waals surface area contributed by atoms with E-state index in [9.17, 15) is 20.2 Å². The molecule has 0 aromatic carbocycles. The Balaban J connectivity index is 0. The van der Waals surface area contributed by atoms with E-state index >= 15 is 0 Å². The zero-order valence-corrected chi connectivity index (χ0v) is 11.0. The number of nitrogens with zero attached hydrogens (tertiary/aromatic N) is 3. The third-order valence-electron chi connectivity index (χ3n) is 0.344. The molecule has 0 aliphatic rings. The molecule has 14 heavy (non-hydrogen) atoms. The first-order chi connectivity index (χ1) is 6.40. The van der Waals surface area contributed by atoms with Crippen molar-refractivity contribution in [2.45, 2.75) is 0 Å². The predicted molar refractivity (Wildman–Crippen MR) is 35.7 cm³/mol. The number of hydrogen-bond donors (Lipinski definition) is 0. The molecule has 0 aliphatic carbocycles. The molecule has 0 aromatic rings. The van der Waals surface area contributed by atoms with Gasteiger partial charge in [0.05, 0.1) is 0 Å². The molecule has 0 atom stereocenters. The molecule has 0 aromatic heterocycles. The van der Waals surface area contributed by atoms with Gasteiger partial charge in [-0.1, -0.05) is 0 Å². The molecule has 3 radical (unpaired) electrons. The van der Waals surface area contributed by atoms with Gasteiger partial charge >= 0.3 is 93.6 Å². The number of rotatable bonds is 5. The molecule has 0 rings (SSSR count). The summed E-state index contributed by atoms with van der Waals surface area (Å²) in [4.78, 5) is 27.6. The van der Waals surface area contributed by atoms with E-state index in [1.165, 1.54) is 0 Å². The molecular formula is Ga2N3O9. The third-order valence-corrected chi connectivity index (χ3v) is 1.79. The van der Waals surface area contributed by atoms with Crippen molar-refractivity contribution in [3.63, 3.8) is 0 Å². The zero-order valence-electron chi connectivity index (χ0n) is 6.17. The Morgan fingerprint density at radius 3 is 1.36 bits per heavy atom. The van der Waals surface area contributed by atoms with Crippen molar-refractivity contribution >= 4 is 37.1 Å². The maximum atomic E-state index is 9.30. The average Bonchev–Trinajstić information content (AvgIpc) is 2.04. The van der Waals surface area contributed by atoms with Gasteiger partial charge in [0.15, 0.2) is 0 Å². The summed E-state index contributed by atoms with van der Waals surface area (Å²) in [5.41, 5.74) is 0.